The first-order valence-corrected chi connectivity index (χ1v) is 10.0. The zero-order chi connectivity index (χ0) is 21.0. The first-order valence-electron chi connectivity index (χ1n) is 9.05. The van der Waals surface area contributed by atoms with Crippen LogP contribution in [0.3, 0.4) is 0 Å². The molecule has 0 saturated carbocycles. The minimum absolute atomic E-state index is 0.0879. The smallest absolute Gasteiger partial charge is 0.311 e. The standard InChI is InChI=1S/C20H21N3O5S/c1-4-28-16-8-6-15(7-9-16)21-20-22(13(2)12-29-20)19(24)14-5-10-18(27-3)17(11-14)23(25)26/h5-11,13H,4,12H2,1-3H3/t13-/m1/s1. The van der Waals surface area contributed by atoms with Gasteiger partial charge in [-0.15, -0.1) is 0 Å². The number of carbonyl (C=O) groups excluding carboxylic acids is 1. The van der Waals surface area contributed by atoms with Crippen LogP contribution < -0.4 is 9.47 Å². The molecule has 3 rings (SSSR count). The molecule has 0 unspecified atom stereocenters. The molecule has 1 heterocycles. The summed E-state index contributed by atoms with van der Waals surface area (Å²) < 4.78 is 10.4. The van der Waals surface area contributed by atoms with Gasteiger partial charge in [-0.1, -0.05) is 11.8 Å². The van der Waals surface area contributed by atoms with Crippen molar-refractivity contribution in [3.63, 3.8) is 0 Å². The number of nitrogens with zero attached hydrogens (tertiary/aromatic N) is 3. The van der Waals surface area contributed by atoms with E-state index in [0.717, 1.165) is 5.75 Å². The van der Waals surface area contributed by atoms with Gasteiger partial charge < -0.3 is 9.47 Å². The third kappa shape index (κ3) is 4.51. The van der Waals surface area contributed by atoms with E-state index in [0.29, 0.717) is 23.2 Å². The molecule has 152 valence electrons. The predicted molar refractivity (Wildman–Crippen MR) is 112 cm³/mol. The lowest BCUT2D eigenvalue weighted by molar-refractivity contribution is -0.385. The van der Waals surface area contributed by atoms with E-state index < -0.39 is 4.92 Å². The second-order valence-electron chi connectivity index (χ2n) is 6.30. The number of amidine groups is 1. The maximum atomic E-state index is 13.1. The quantitative estimate of drug-likeness (QED) is 0.517. The molecule has 0 aromatic heterocycles. The Labute approximate surface area is 172 Å². The molecule has 1 amide bonds. The second-order valence-corrected chi connectivity index (χ2v) is 7.29. The van der Waals surface area contributed by atoms with Crippen molar-refractivity contribution in [2.45, 2.75) is 19.9 Å². The molecule has 1 aliphatic heterocycles. The molecule has 2 aromatic carbocycles. The third-order valence-corrected chi connectivity index (χ3v) is 5.51. The van der Waals surface area contributed by atoms with Crippen LogP contribution in [-0.2, 0) is 0 Å². The first kappa shape index (κ1) is 20.7. The van der Waals surface area contributed by atoms with Crippen molar-refractivity contribution in [3.8, 4) is 11.5 Å². The number of benzene rings is 2. The minimum Gasteiger partial charge on any atom is -0.494 e. The SMILES string of the molecule is CCOc1ccc(N=C2SC[C@@H](C)N2C(=O)c2ccc(OC)c([N+](=O)[O-])c2)cc1. The van der Waals surface area contributed by atoms with Crippen LogP contribution in [0.1, 0.15) is 24.2 Å². The monoisotopic (exact) mass is 415 g/mol. The highest BCUT2D eigenvalue weighted by Crippen LogP contribution is 2.32. The van der Waals surface area contributed by atoms with Gasteiger partial charge in [-0.25, -0.2) is 4.99 Å². The molecule has 1 fully saturated rings. The van der Waals surface area contributed by atoms with Crippen LogP contribution in [0.5, 0.6) is 11.5 Å². The fourth-order valence-electron chi connectivity index (χ4n) is 2.90. The van der Waals surface area contributed by atoms with Crippen molar-refractivity contribution in [3.05, 3.63) is 58.1 Å². The molecule has 2 aromatic rings. The van der Waals surface area contributed by atoms with E-state index in [1.54, 1.807) is 4.90 Å². The van der Waals surface area contributed by atoms with Crippen molar-refractivity contribution in [1.82, 2.24) is 4.90 Å². The van der Waals surface area contributed by atoms with Crippen LogP contribution >= 0.6 is 11.8 Å². The molecule has 9 heteroatoms. The third-order valence-electron chi connectivity index (χ3n) is 4.31. The maximum Gasteiger partial charge on any atom is 0.311 e. The number of rotatable bonds is 6. The fraction of sp³-hybridized carbons (Fsp3) is 0.300. The molecular weight excluding hydrogens is 394 g/mol. The number of methoxy groups -OCH3 is 1. The lowest BCUT2D eigenvalue weighted by Gasteiger charge is -2.21. The minimum atomic E-state index is -0.563. The second kappa shape index (κ2) is 8.95. The van der Waals surface area contributed by atoms with Gasteiger partial charge in [-0.3, -0.25) is 19.8 Å². The number of aliphatic imine (C=N–C) groups is 1. The highest BCUT2D eigenvalue weighted by molar-refractivity contribution is 8.14. The van der Waals surface area contributed by atoms with Gasteiger partial charge in [0.05, 0.1) is 24.3 Å². The number of amides is 1. The number of nitro groups is 1. The molecule has 1 saturated heterocycles. The van der Waals surface area contributed by atoms with E-state index in [4.69, 9.17) is 9.47 Å². The number of hydrogen-bond donors (Lipinski definition) is 0. The van der Waals surface area contributed by atoms with Crippen LogP contribution in [0.25, 0.3) is 0 Å². The first-order chi connectivity index (χ1) is 13.9. The normalized spacial score (nSPS) is 17.4. The lowest BCUT2D eigenvalue weighted by atomic mass is 10.1. The van der Waals surface area contributed by atoms with Crippen LogP contribution in [0.2, 0.25) is 0 Å². The largest absolute Gasteiger partial charge is 0.494 e. The molecule has 0 N–H and O–H groups in total. The van der Waals surface area contributed by atoms with E-state index >= 15 is 0 Å². The van der Waals surface area contributed by atoms with Crippen molar-refractivity contribution in [2.75, 3.05) is 19.5 Å². The summed E-state index contributed by atoms with van der Waals surface area (Å²) in [6, 6.07) is 11.4. The highest BCUT2D eigenvalue weighted by atomic mass is 32.2. The van der Waals surface area contributed by atoms with E-state index in [-0.39, 0.29) is 28.9 Å². The molecule has 0 spiro atoms. The fourth-order valence-corrected chi connectivity index (χ4v) is 4.01. The summed E-state index contributed by atoms with van der Waals surface area (Å²) in [5.74, 6) is 1.22. The van der Waals surface area contributed by atoms with Crippen molar-refractivity contribution in [1.29, 1.82) is 0 Å². The van der Waals surface area contributed by atoms with Gasteiger partial charge >= 0.3 is 5.69 Å². The molecule has 8 nitrogen and oxygen atoms in total. The van der Waals surface area contributed by atoms with Crippen LogP contribution in [0, 0.1) is 10.1 Å². The molecule has 0 radical (unpaired) electrons. The van der Waals surface area contributed by atoms with Gasteiger partial charge in [0.15, 0.2) is 10.9 Å². The summed E-state index contributed by atoms with van der Waals surface area (Å²) in [6.45, 7) is 4.42. The molecule has 1 aliphatic rings. The van der Waals surface area contributed by atoms with Crippen LogP contribution in [0.4, 0.5) is 11.4 Å². The van der Waals surface area contributed by atoms with E-state index in [1.807, 2.05) is 38.1 Å². The molecular formula is C20H21N3O5S. The van der Waals surface area contributed by atoms with E-state index in [1.165, 1.54) is 37.1 Å². The van der Waals surface area contributed by atoms with Crippen molar-refractivity contribution in [2.24, 2.45) is 4.99 Å². The lowest BCUT2D eigenvalue weighted by Crippen LogP contribution is -2.37. The Morgan fingerprint density at radius 2 is 2.03 bits per heavy atom. The highest BCUT2D eigenvalue weighted by Gasteiger charge is 2.34. The summed E-state index contributed by atoms with van der Waals surface area (Å²) in [7, 11) is 1.35. The van der Waals surface area contributed by atoms with Crippen molar-refractivity contribution >= 4 is 34.2 Å². The van der Waals surface area contributed by atoms with Gasteiger partial charge in [0.25, 0.3) is 5.91 Å². The summed E-state index contributed by atoms with van der Waals surface area (Å²) in [6.07, 6.45) is 0. The average Bonchev–Trinajstić information content (AvgIpc) is 3.08. The Balaban J connectivity index is 1.90. The molecule has 0 aliphatic carbocycles. The number of carbonyl (C=O) groups is 1. The number of hydrogen-bond acceptors (Lipinski definition) is 7. The summed E-state index contributed by atoms with van der Waals surface area (Å²) in [4.78, 5) is 30.0. The Morgan fingerprint density at radius 1 is 1.31 bits per heavy atom. The summed E-state index contributed by atoms with van der Waals surface area (Å²) >= 11 is 1.47. The average molecular weight is 415 g/mol. The Kier molecular flexibility index (Phi) is 6.38. The van der Waals surface area contributed by atoms with E-state index in [9.17, 15) is 14.9 Å². The predicted octanol–water partition coefficient (Wildman–Crippen LogP) is 4.27. The number of ether oxygens (including phenoxy) is 2. The Morgan fingerprint density at radius 3 is 2.66 bits per heavy atom. The number of nitro benzene ring substituents is 1. The van der Waals surface area contributed by atoms with Crippen molar-refractivity contribution < 1.29 is 19.2 Å². The van der Waals surface area contributed by atoms with Gasteiger partial charge in [0.1, 0.15) is 5.75 Å². The zero-order valence-corrected chi connectivity index (χ0v) is 17.1. The van der Waals surface area contributed by atoms with Gasteiger partial charge in [0, 0.05) is 23.4 Å². The summed E-state index contributed by atoms with van der Waals surface area (Å²) in [5.41, 5.74) is 0.665. The molecule has 1 atom stereocenters. The topological polar surface area (TPSA) is 94.3 Å². The maximum absolute atomic E-state index is 13.1. The van der Waals surface area contributed by atoms with Gasteiger partial charge in [-0.05, 0) is 50.2 Å². The van der Waals surface area contributed by atoms with Gasteiger partial charge in [-0.2, -0.15) is 0 Å². The van der Waals surface area contributed by atoms with Crippen LogP contribution in [0.15, 0.2) is 47.5 Å². The van der Waals surface area contributed by atoms with Gasteiger partial charge in [0.2, 0.25) is 0 Å². The Bertz CT molecular complexity index is 946. The van der Waals surface area contributed by atoms with E-state index in [2.05, 4.69) is 4.99 Å². The molecule has 0 bridgehead atoms. The number of thioether (sulfide) groups is 1. The zero-order valence-electron chi connectivity index (χ0n) is 16.3. The Hall–Kier alpha value is -3.07. The summed E-state index contributed by atoms with van der Waals surface area (Å²) in [5, 5.41) is 11.8. The van der Waals surface area contributed by atoms with Crippen LogP contribution in [-0.4, -0.2) is 46.4 Å². The molecule has 29 heavy (non-hydrogen) atoms.